The molecule has 9 heteroatoms. The van der Waals surface area contributed by atoms with Crippen LogP contribution < -0.4 is 10.6 Å². The molecule has 26 heavy (non-hydrogen) atoms. The van der Waals surface area contributed by atoms with Crippen LogP contribution >= 0.6 is 58.5 Å². The highest BCUT2D eigenvalue weighted by Crippen LogP contribution is 2.23. The third kappa shape index (κ3) is 7.56. The van der Waals surface area contributed by atoms with Crippen molar-refractivity contribution in [3.8, 4) is 0 Å². The van der Waals surface area contributed by atoms with E-state index in [1.165, 1.54) is 4.88 Å². The monoisotopic (exact) mass is 528 g/mol. The van der Waals surface area contributed by atoms with Crippen molar-refractivity contribution >= 4 is 64.5 Å². The standard InChI is InChI=1S/C17H22Cl2N4OS.HI/c1-3-14-8-21-16(25-14)10-23-17(20-4-2)22-9-15(24)11-5-12(18)7-13(19)6-11;/h5-8,15,24H,3-4,9-10H2,1-2H3,(H2,20,22,23);1H. The van der Waals surface area contributed by atoms with Gasteiger partial charge in [-0.15, -0.1) is 35.3 Å². The van der Waals surface area contributed by atoms with Gasteiger partial charge in [0.05, 0.1) is 12.6 Å². The summed E-state index contributed by atoms with van der Waals surface area (Å²) in [6.07, 6.45) is 2.13. The average Bonchev–Trinajstić information content (AvgIpc) is 3.04. The minimum absolute atomic E-state index is 0. The first-order chi connectivity index (χ1) is 12.0. The number of nitrogens with zero attached hydrogens (tertiary/aromatic N) is 2. The Bertz CT molecular complexity index is 706. The Morgan fingerprint density at radius 2 is 1.92 bits per heavy atom. The zero-order valence-corrected chi connectivity index (χ0v) is 19.3. The number of hydrogen-bond acceptors (Lipinski definition) is 4. The predicted octanol–water partition coefficient (Wildman–Crippen LogP) is 4.42. The van der Waals surface area contributed by atoms with Crippen molar-refractivity contribution in [2.45, 2.75) is 32.9 Å². The Balaban J connectivity index is 0.00000338. The number of aliphatic hydroxyl groups is 1. The highest BCUT2D eigenvalue weighted by Gasteiger charge is 2.10. The van der Waals surface area contributed by atoms with Crippen LogP contribution in [-0.2, 0) is 13.0 Å². The number of aromatic nitrogens is 1. The molecule has 0 spiro atoms. The summed E-state index contributed by atoms with van der Waals surface area (Å²) in [5, 5.41) is 18.6. The molecule has 0 aliphatic rings. The quantitative estimate of drug-likeness (QED) is 0.282. The topological polar surface area (TPSA) is 69.5 Å². The van der Waals surface area contributed by atoms with Gasteiger partial charge >= 0.3 is 0 Å². The molecule has 0 aliphatic carbocycles. The number of aliphatic hydroxyl groups excluding tert-OH is 1. The van der Waals surface area contributed by atoms with Crippen LogP contribution in [0.1, 0.15) is 35.4 Å². The first-order valence-electron chi connectivity index (χ1n) is 8.11. The van der Waals surface area contributed by atoms with E-state index >= 15 is 0 Å². The van der Waals surface area contributed by atoms with Gasteiger partial charge in [0, 0.05) is 34.2 Å². The number of hydrogen-bond donors (Lipinski definition) is 3. The third-order valence-corrected chi connectivity index (χ3v) is 4.96. The van der Waals surface area contributed by atoms with Crippen LogP contribution in [0, 0.1) is 0 Å². The molecule has 3 N–H and O–H groups in total. The van der Waals surface area contributed by atoms with E-state index in [9.17, 15) is 5.11 Å². The normalized spacial score (nSPS) is 12.4. The molecule has 0 fully saturated rings. The molecule has 1 unspecified atom stereocenters. The van der Waals surface area contributed by atoms with E-state index in [-0.39, 0.29) is 24.0 Å². The fourth-order valence-corrected chi connectivity index (χ4v) is 3.48. The van der Waals surface area contributed by atoms with Gasteiger partial charge in [-0.05, 0) is 37.1 Å². The molecule has 1 heterocycles. The van der Waals surface area contributed by atoms with Crippen molar-refractivity contribution in [1.29, 1.82) is 0 Å². The molecule has 1 atom stereocenters. The van der Waals surface area contributed by atoms with Gasteiger partial charge in [-0.25, -0.2) is 9.98 Å². The number of aliphatic imine (C=N–C) groups is 1. The number of halogens is 3. The van der Waals surface area contributed by atoms with Gasteiger partial charge in [0.2, 0.25) is 0 Å². The molecule has 1 aromatic heterocycles. The molecule has 144 valence electrons. The second kappa shape index (κ2) is 12.0. The molecule has 2 rings (SSSR count). The summed E-state index contributed by atoms with van der Waals surface area (Å²) in [4.78, 5) is 10.1. The maximum atomic E-state index is 10.3. The third-order valence-electron chi connectivity index (χ3n) is 3.40. The number of nitrogens with one attached hydrogen (secondary N) is 2. The van der Waals surface area contributed by atoms with E-state index in [0.717, 1.165) is 18.0 Å². The summed E-state index contributed by atoms with van der Waals surface area (Å²) in [5.74, 6) is 0.628. The summed E-state index contributed by atoms with van der Waals surface area (Å²) in [6, 6.07) is 5.04. The van der Waals surface area contributed by atoms with Gasteiger partial charge in [0.1, 0.15) is 5.01 Å². The highest BCUT2D eigenvalue weighted by molar-refractivity contribution is 14.0. The van der Waals surface area contributed by atoms with Crippen molar-refractivity contribution in [2.75, 3.05) is 13.1 Å². The fourth-order valence-electron chi connectivity index (χ4n) is 2.15. The molecule has 2 aromatic rings. The second-order valence-corrected chi connectivity index (χ2v) is 7.44. The molecule has 0 saturated carbocycles. The van der Waals surface area contributed by atoms with E-state index in [2.05, 4.69) is 27.5 Å². The molecular formula is C17H23Cl2IN4OS. The molecule has 0 aliphatic heterocycles. The number of benzene rings is 1. The lowest BCUT2D eigenvalue weighted by Gasteiger charge is -2.16. The zero-order valence-electron chi connectivity index (χ0n) is 14.6. The summed E-state index contributed by atoms with van der Waals surface area (Å²) in [5.41, 5.74) is 0.661. The number of thiazole rings is 1. The fraction of sp³-hybridized carbons (Fsp3) is 0.412. The van der Waals surface area contributed by atoms with Crippen LogP contribution in [0.3, 0.4) is 0 Å². The Labute approximate surface area is 185 Å². The Morgan fingerprint density at radius 3 is 2.50 bits per heavy atom. The van der Waals surface area contributed by atoms with Crippen molar-refractivity contribution < 1.29 is 5.11 Å². The lowest BCUT2D eigenvalue weighted by Crippen LogP contribution is -2.39. The number of aryl methyl sites for hydroxylation is 1. The van der Waals surface area contributed by atoms with E-state index in [0.29, 0.717) is 34.7 Å². The van der Waals surface area contributed by atoms with Crippen LogP contribution in [0.5, 0.6) is 0 Å². The minimum atomic E-state index is -0.744. The summed E-state index contributed by atoms with van der Waals surface area (Å²) in [7, 11) is 0. The Morgan fingerprint density at radius 1 is 1.23 bits per heavy atom. The lowest BCUT2D eigenvalue weighted by molar-refractivity contribution is 0.181. The molecule has 5 nitrogen and oxygen atoms in total. The average molecular weight is 529 g/mol. The van der Waals surface area contributed by atoms with Crippen molar-refractivity contribution in [3.05, 3.63) is 49.9 Å². The van der Waals surface area contributed by atoms with Gasteiger partial charge in [-0.2, -0.15) is 0 Å². The molecule has 1 aromatic carbocycles. The van der Waals surface area contributed by atoms with Gasteiger partial charge in [0.25, 0.3) is 0 Å². The summed E-state index contributed by atoms with van der Waals surface area (Å²) < 4.78 is 0. The first kappa shape index (κ1) is 23.4. The van der Waals surface area contributed by atoms with Crippen molar-refractivity contribution in [2.24, 2.45) is 4.99 Å². The highest BCUT2D eigenvalue weighted by atomic mass is 127. The zero-order chi connectivity index (χ0) is 18.2. The van der Waals surface area contributed by atoms with Gasteiger partial charge in [-0.3, -0.25) is 0 Å². The molecule has 0 saturated heterocycles. The van der Waals surface area contributed by atoms with Crippen LogP contribution in [0.2, 0.25) is 10.0 Å². The number of rotatable bonds is 7. The van der Waals surface area contributed by atoms with E-state index < -0.39 is 6.10 Å². The Hall–Kier alpha value is -0.610. The maximum Gasteiger partial charge on any atom is 0.191 e. The summed E-state index contributed by atoms with van der Waals surface area (Å²) >= 11 is 13.6. The van der Waals surface area contributed by atoms with Crippen LogP contribution in [0.4, 0.5) is 0 Å². The largest absolute Gasteiger partial charge is 0.387 e. The number of guanidine groups is 1. The van der Waals surface area contributed by atoms with E-state index in [4.69, 9.17) is 23.2 Å². The molecule has 0 bridgehead atoms. The molecular weight excluding hydrogens is 506 g/mol. The Kier molecular flexibility index (Phi) is 10.8. The van der Waals surface area contributed by atoms with Crippen LogP contribution in [0.15, 0.2) is 29.4 Å². The van der Waals surface area contributed by atoms with Gasteiger partial charge in [-0.1, -0.05) is 30.1 Å². The molecule has 0 amide bonds. The molecule has 0 radical (unpaired) electrons. The second-order valence-electron chi connectivity index (χ2n) is 5.37. The predicted molar refractivity (Wildman–Crippen MR) is 121 cm³/mol. The van der Waals surface area contributed by atoms with Crippen molar-refractivity contribution in [1.82, 2.24) is 15.6 Å². The maximum absolute atomic E-state index is 10.3. The SMILES string of the molecule is CCNC(=NCc1ncc(CC)s1)NCC(O)c1cc(Cl)cc(Cl)c1.I. The van der Waals surface area contributed by atoms with Gasteiger partial charge < -0.3 is 15.7 Å². The van der Waals surface area contributed by atoms with Crippen LogP contribution in [-0.4, -0.2) is 29.1 Å². The van der Waals surface area contributed by atoms with E-state index in [1.807, 2.05) is 13.1 Å². The summed E-state index contributed by atoms with van der Waals surface area (Å²) in [6.45, 7) is 5.61. The minimum Gasteiger partial charge on any atom is -0.387 e. The van der Waals surface area contributed by atoms with E-state index in [1.54, 1.807) is 29.5 Å². The van der Waals surface area contributed by atoms with Crippen LogP contribution in [0.25, 0.3) is 0 Å². The smallest absolute Gasteiger partial charge is 0.191 e. The van der Waals surface area contributed by atoms with Gasteiger partial charge in [0.15, 0.2) is 5.96 Å². The lowest BCUT2D eigenvalue weighted by atomic mass is 10.1. The van der Waals surface area contributed by atoms with Crippen molar-refractivity contribution in [3.63, 3.8) is 0 Å². The first-order valence-corrected chi connectivity index (χ1v) is 9.68.